The van der Waals surface area contributed by atoms with Gasteiger partial charge in [0.05, 0.1) is 5.75 Å². The Hall–Kier alpha value is -0.910. The van der Waals surface area contributed by atoms with Crippen molar-refractivity contribution in [1.29, 1.82) is 0 Å². The van der Waals surface area contributed by atoms with E-state index in [1.165, 1.54) is 18.4 Å². The van der Waals surface area contributed by atoms with Gasteiger partial charge in [-0.3, -0.25) is 0 Å². The van der Waals surface area contributed by atoms with Crippen molar-refractivity contribution in [2.24, 2.45) is 5.92 Å². The molecule has 1 saturated carbocycles. The molecule has 0 unspecified atom stereocenters. The van der Waals surface area contributed by atoms with Gasteiger partial charge in [-0.25, -0.2) is 13.1 Å². The largest absolute Gasteiger partial charge is 0.313 e. The molecule has 1 aliphatic rings. The molecule has 0 heterocycles. The molecule has 1 aromatic rings. The van der Waals surface area contributed by atoms with E-state index in [2.05, 4.69) is 17.0 Å². The highest BCUT2D eigenvalue weighted by atomic mass is 32.2. The lowest BCUT2D eigenvalue weighted by atomic mass is 10.1. The summed E-state index contributed by atoms with van der Waals surface area (Å²) in [6.45, 7) is 4.39. The third-order valence-electron chi connectivity index (χ3n) is 3.53. The Kier molecular flexibility index (Phi) is 5.57. The Morgan fingerprint density at radius 2 is 1.80 bits per heavy atom. The first-order valence-electron chi connectivity index (χ1n) is 7.35. The highest BCUT2D eigenvalue weighted by Gasteiger charge is 2.21. The quantitative estimate of drug-likeness (QED) is 0.733. The first kappa shape index (κ1) is 15.5. The van der Waals surface area contributed by atoms with Crippen LogP contribution in [-0.4, -0.2) is 21.5 Å². The molecule has 0 saturated heterocycles. The van der Waals surface area contributed by atoms with Gasteiger partial charge in [0.25, 0.3) is 0 Å². The molecular formula is C15H24N2O2S. The van der Waals surface area contributed by atoms with Crippen molar-refractivity contribution < 1.29 is 8.42 Å². The second kappa shape index (κ2) is 7.20. The van der Waals surface area contributed by atoms with Gasteiger partial charge in [0.2, 0.25) is 10.0 Å². The average molecular weight is 296 g/mol. The zero-order valence-corrected chi connectivity index (χ0v) is 12.9. The third-order valence-corrected chi connectivity index (χ3v) is 4.89. The molecule has 0 aliphatic heterocycles. The molecular weight excluding hydrogens is 272 g/mol. The molecule has 112 valence electrons. The minimum atomic E-state index is -3.20. The van der Waals surface area contributed by atoms with Gasteiger partial charge in [0.1, 0.15) is 0 Å². The van der Waals surface area contributed by atoms with Crippen molar-refractivity contribution in [3.63, 3.8) is 0 Å². The molecule has 0 atom stereocenters. The number of hydrogen-bond acceptors (Lipinski definition) is 3. The second-order valence-electron chi connectivity index (χ2n) is 5.48. The Bertz CT molecular complexity index is 507. The molecule has 0 aromatic heterocycles. The average Bonchev–Trinajstić information content (AvgIpc) is 3.21. The van der Waals surface area contributed by atoms with Gasteiger partial charge in [-0.2, -0.15) is 0 Å². The summed E-state index contributed by atoms with van der Waals surface area (Å²) < 4.78 is 26.6. The van der Waals surface area contributed by atoms with Gasteiger partial charge in [0.15, 0.2) is 0 Å². The maximum Gasteiger partial charge on any atom is 0.215 e. The predicted molar refractivity (Wildman–Crippen MR) is 81.8 cm³/mol. The summed E-state index contributed by atoms with van der Waals surface area (Å²) in [5.74, 6) is 0.821. The highest BCUT2D eigenvalue weighted by Crippen LogP contribution is 2.31. The van der Waals surface area contributed by atoms with Crippen molar-refractivity contribution in [2.75, 3.05) is 13.1 Å². The summed E-state index contributed by atoms with van der Waals surface area (Å²) in [4.78, 5) is 0. The lowest BCUT2D eigenvalue weighted by Crippen LogP contribution is -2.26. The van der Waals surface area contributed by atoms with Gasteiger partial charge >= 0.3 is 0 Å². The Labute approximate surface area is 122 Å². The van der Waals surface area contributed by atoms with Crippen LogP contribution in [0.1, 0.15) is 37.3 Å². The van der Waals surface area contributed by atoms with Crippen LogP contribution in [0.3, 0.4) is 0 Å². The standard InChI is InChI=1S/C15H24N2O2S/c1-2-16-11-14-5-7-15(8-6-14)12-20(18,19)17-10-9-13-3-4-13/h5-8,13,16-17H,2-4,9-12H2,1H3. The highest BCUT2D eigenvalue weighted by molar-refractivity contribution is 7.88. The van der Waals surface area contributed by atoms with E-state index >= 15 is 0 Å². The van der Waals surface area contributed by atoms with E-state index in [4.69, 9.17) is 0 Å². The molecule has 0 radical (unpaired) electrons. The zero-order chi connectivity index (χ0) is 14.4. The van der Waals surface area contributed by atoms with E-state index in [0.29, 0.717) is 6.54 Å². The maximum atomic E-state index is 11.9. The molecule has 0 bridgehead atoms. The smallest absolute Gasteiger partial charge is 0.215 e. The monoisotopic (exact) mass is 296 g/mol. The molecule has 1 aliphatic carbocycles. The van der Waals surface area contributed by atoms with Gasteiger partial charge in [-0.05, 0) is 30.0 Å². The van der Waals surface area contributed by atoms with Crippen molar-refractivity contribution in [2.45, 2.75) is 38.5 Å². The summed E-state index contributed by atoms with van der Waals surface area (Å²) in [6, 6.07) is 7.76. The van der Waals surface area contributed by atoms with Crippen molar-refractivity contribution in [3.8, 4) is 0 Å². The van der Waals surface area contributed by atoms with Crippen LogP contribution >= 0.6 is 0 Å². The number of hydrogen-bond donors (Lipinski definition) is 2. The van der Waals surface area contributed by atoms with E-state index in [1.54, 1.807) is 0 Å². The minimum Gasteiger partial charge on any atom is -0.313 e. The lowest BCUT2D eigenvalue weighted by molar-refractivity contribution is 0.574. The maximum absolute atomic E-state index is 11.9. The Morgan fingerprint density at radius 3 is 2.40 bits per heavy atom. The third kappa shape index (κ3) is 5.61. The summed E-state index contributed by atoms with van der Waals surface area (Å²) in [5.41, 5.74) is 2.01. The van der Waals surface area contributed by atoms with Crippen LogP contribution in [0.4, 0.5) is 0 Å². The lowest BCUT2D eigenvalue weighted by Gasteiger charge is -2.07. The number of sulfonamides is 1. The molecule has 0 amide bonds. The van der Waals surface area contributed by atoms with Crippen molar-refractivity contribution in [3.05, 3.63) is 35.4 Å². The summed E-state index contributed by atoms with van der Waals surface area (Å²) in [7, 11) is -3.20. The fourth-order valence-corrected chi connectivity index (χ4v) is 3.28. The Morgan fingerprint density at radius 1 is 1.15 bits per heavy atom. The van der Waals surface area contributed by atoms with E-state index in [1.807, 2.05) is 24.3 Å². The predicted octanol–water partition coefficient (Wildman–Crippen LogP) is 2.02. The molecule has 1 fully saturated rings. The van der Waals surface area contributed by atoms with Crippen molar-refractivity contribution in [1.82, 2.24) is 10.0 Å². The van der Waals surface area contributed by atoms with Crippen LogP contribution in [-0.2, 0) is 22.3 Å². The second-order valence-corrected chi connectivity index (χ2v) is 7.29. The molecule has 2 rings (SSSR count). The molecule has 0 spiro atoms. The van der Waals surface area contributed by atoms with Gasteiger partial charge in [-0.15, -0.1) is 0 Å². The molecule has 2 N–H and O–H groups in total. The zero-order valence-electron chi connectivity index (χ0n) is 12.1. The fourth-order valence-electron chi connectivity index (χ4n) is 2.12. The van der Waals surface area contributed by atoms with E-state index < -0.39 is 10.0 Å². The van der Waals surface area contributed by atoms with Crippen LogP contribution in [0.2, 0.25) is 0 Å². The van der Waals surface area contributed by atoms with E-state index in [9.17, 15) is 8.42 Å². The van der Waals surface area contributed by atoms with Crippen LogP contribution in [0.5, 0.6) is 0 Å². The summed E-state index contributed by atoms with van der Waals surface area (Å²) in [6.07, 6.45) is 3.49. The van der Waals surface area contributed by atoms with Crippen molar-refractivity contribution >= 4 is 10.0 Å². The van der Waals surface area contributed by atoms with Crippen LogP contribution in [0, 0.1) is 5.92 Å². The molecule has 1 aromatic carbocycles. The molecule has 5 heteroatoms. The van der Waals surface area contributed by atoms with Gasteiger partial charge in [-0.1, -0.05) is 44.0 Å². The van der Waals surface area contributed by atoms with Crippen LogP contribution in [0.15, 0.2) is 24.3 Å². The SMILES string of the molecule is CCNCc1ccc(CS(=O)(=O)NCCC2CC2)cc1. The van der Waals surface area contributed by atoms with Crippen LogP contribution < -0.4 is 10.0 Å². The first-order chi connectivity index (χ1) is 9.59. The van der Waals surface area contributed by atoms with E-state index in [-0.39, 0.29) is 5.75 Å². The number of nitrogens with one attached hydrogen (secondary N) is 2. The summed E-state index contributed by atoms with van der Waals surface area (Å²) in [5, 5.41) is 3.25. The summed E-state index contributed by atoms with van der Waals surface area (Å²) >= 11 is 0. The first-order valence-corrected chi connectivity index (χ1v) is 9.00. The number of rotatable bonds is 9. The number of benzene rings is 1. The minimum absolute atomic E-state index is 0.0686. The fraction of sp³-hybridized carbons (Fsp3) is 0.600. The molecule has 4 nitrogen and oxygen atoms in total. The normalized spacial score (nSPS) is 15.4. The van der Waals surface area contributed by atoms with E-state index in [0.717, 1.165) is 31.0 Å². The Balaban J connectivity index is 1.80. The van der Waals surface area contributed by atoms with Gasteiger partial charge in [0, 0.05) is 13.1 Å². The van der Waals surface area contributed by atoms with Crippen LogP contribution in [0.25, 0.3) is 0 Å². The topological polar surface area (TPSA) is 58.2 Å². The molecule has 20 heavy (non-hydrogen) atoms. The van der Waals surface area contributed by atoms with Gasteiger partial charge < -0.3 is 5.32 Å².